The van der Waals surface area contributed by atoms with Crippen molar-refractivity contribution in [2.45, 2.75) is 0 Å². The smallest absolute Gasteiger partial charge is 0.327 e. The third-order valence-electron chi connectivity index (χ3n) is 3.21. The Balaban J connectivity index is 2.09. The Morgan fingerprint density at radius 3 is 2.55 bits per heavy atom. The largest absolute Gasteiger partial charge is 0.497 e. The molecule has 1 heterocycles. The van der Waals surface area contributed by atoms with Crippen molar-refractivity contribution in [3.05, 3.63) is 18.2 Å². The molecule has 22 heavy (non-hydrogen) atoms. The average molecular weight is 307 g/mol. The Morgan fingerprint density at radius 1 is 1.27 bits per heavy atom. The van der Waals surface area contributed by atoms with Crippen LogP contribution in [0.5, 0.6) is 11.5 Å². The number of carbonyl (C=O) groups is 3. The first kappa shape index (κ1) is 15.6. The first-order valence-corrected chi connectivity index (χ1v) is 6.53. The van der Waals surface area contributed by atoms with Gasteiger partial charge in [0, 0.05) is 13.1 Å². The van der Waals surface area contributed by atoms with Gasteiger partial charge in [-0.15, -0.1) is 0 Å². The molecule has 1 aliphatic rings. The fourth-order valence-corrected chi connectivity index (χ4v) is 2.07. The minimum Gasteiger partial charge on any atom is -0.497 e. The second-order valence-corrected chi connectivity index (χ2v) is 4.73. The summed E-state index contributed by atoms with van der Waals surface area (Å²) in [5, 5.41) is 2.61. The molecule has 1 saturated heterocycles. The van der Waals surface area contributed by atoms with Gasteiger partial charge in [-0.05, 0) is 12.1 Å². The Bertz CT molecular complexity index is 616. The summed E-state index contributed by atoms with van der Waals surface area (Å²) in [5.74, 6) is 0.0957. The van der Waals surface area contributed by atoms with Crippen molar-refractivity contribution in [1.29, 1.82) is 0 Å². The van der Waals surface area contributed by atoms with E-state index in [0.717, 1.165) is 4.90 Å². The SMILES string of the molecule is COc1ccc(OC)c(NC(=O)CN2C(=O)CN(C)C2=O)c1. The summed E-state index contributed by atoms with van der Waals surface area (Å²) in [5.41, 5.74) is 0.402. The molecule has 0 saturated carbocycles. The molecule has 8 nitrogen and oxygen atoms in total. The van der Waals surface area contributed by atoms with E-state index in [1.165, 1.54) is 26.2 Å². The van der Waals surface area contributed by atoms with Crippen LogP contribution in [0.4, 0.5) is 10.5 Å². The van der Waals surface area contributed by atoms with Crippen LogP contribution in [-0.4, -0.2) is 62.0 Å². The van der Waals surface area contributed by atoms with E-state index in [1.54, 1.807) is 18.2 Å². The van der Waals surface area contributed by atoms with Gasteiger partial charge in [0.1, 0.15) is 24.6 Å². The summed E-state index contributed by atoms with van der Waals surface area (Å²) >= 11 is 0. The third-order valence-corrected chi connectivity index (χ3v) is 3.21. The molecule has 2 rings (SSSR count). The van der Waals surface area contributed by atoms with Crippen LogP contribution in [-0.2, 0) is 9.59 Å². The number of amides is 4. The molecule has 0 bridgehead atoms. The van der Waals surface area contributed by atoms with Crippen LogP contribution in [0.15, 0.2) is 18.2 Å². The predicted octanol–water partition coefficient (Wildman–Crippen LogP) is 0.536. The zero-order valence-corrected chi connectivity index (χ0v) is 12.6. The summed E-state index contributed by atoms with van der Waals surface area (Å²) < 4.78 is 10.2. The molecular weight excluding hydrogens is 290 g/mol. The van der Waals surface area contributed by atoms with Crippen molar-refractivity contribution in [2.24, 2.45) is 0 Å². The van der Waals surface area contributed by atoms with Crippen molar-refractivity contribution in [1.82, 2.24) is 9.80 Å². The van der Waals surface area contributed by atoms with E-state index in [-0.39, 0.29) is 13.1 Å². The molecule has 0 unspecified atom stereocenters. The van der Waals surface area contributed by atoms with E-state index in [2.05, 4.69) is 5.32 Å². The fourth-order valence-electron chi connectivity index (χ4n) is 2.07. The normalized spacial score (nSPS) is 14.3. The molecule has 1 N–H and O–H groups in total. The number of urea groups is 1. The van der Waals surface area contributed by atoms with Gasteiger partial charge in [0.2, 0.25) is 5.91 Å². The number of carbonyl (C=O) groups excluding carboxylic acids is 3. The number of rotatable bonds is 5. The van der Waals surface area contributed by atoms with Gasteiger partial charge in [-0.1, -0.05) is 0 Å². The van der Waals surface area contributed by atoms with Crippen molar-refractivity contribution < 1.29 is 23.9 Å². The molecular formula is C14H17N3O5. The summed E-state index contributed by atoms with van der Waals surface area (Å²) in [7, 11) is 4.48. The minimum absolute atomic E-state index is 0.0193. The average Bonchev–Trinajstić information content (AvgIpc) is 2.73. The van der Waals surface area contributed by atoms with Gasteiger partial charge in [0.05, 0.1) is 19.9 Å². The van der Waals surface area contributed by atoms with Crippen LogP contribution >= 0.6 is 0 Å². The van der Waals surface area contributed by atoms with E-state index in [1.807, 2.05) is 0 Å². The number of nitrogens with one attached hydrogen (secondary N) is 1. The highest BCUT2D eigenvalue weighted by atomic mass is 16.5. The zero-order valence-electron chi connectivity index (χ0n) is 12.6. The van der Waals surface area contributed by atoms with Crippen LogP contribution in [0, 0.1) is 0 Å². The van der Waals surface area contributed by atoms with Crippen LogP contribution in [0.1, 0.15) is 0 Å². The minimum atomic E-state index is -0.497. The number of benzene rings is 1. The Hall–Kier alpha value is -2.77. The highest BCUT2D eigenvalue weighted by Gasteiger charge is 2.34. The molecule has 0 spiro atoms. The van der Waals surface area contributed by atoms with Gasteiger partial charge < -0.3 is 19.7 Å². The zero-order chi connectivity index (χ0) is 16.3. The van der Waals surface area contributed by atoms with Gasteiger partial charge >= 0.3 is 6.03 Å². The fraction of sp³-hybridized carbons (Fsp3) is 0.357. The van der Waals surface area contributed by atoms with E-state index < -0.39 is 17.8 Å². The van der Waals surface area contributed by atoms with Crippen molar-refractivity contribution in [2.75, 3.05) is 39.7 Å². The number of anilines is 1. The maximum atomic E-state index is 12.1. The van der Waals surface area contributed by atoms with Gasteiger partial charge in [0.25, 0.3) is 5.91 Å². The van der Waals surface area contributed by atoms with Gasteiger partial charge in [-0.2, -0.15) is 0 Å². The maximum absolute atomic E-state index is 12.1. The molecule has 1 aliphatic heterocycles. The van der Waals surface area contributed by atoms with Gasteiger partial charge in [0.15, 0.2) is 0 Å². The van der Waals surface area contributed by atoms with E-state index in [0.29, 0.717) is 17.2 Å². The van der Waals surface area contributed by atoms with Gasteiger partial charge in [-0.25, -0.2) is 4.79 Å². The molecule has 8 heteroatoms. The van der Waals surface area contributed by atoms with Crippen LogP contribution < -0.4 is 14.8 Å². The lowest BCUT2D eigenvalue weighted by Crippen LogP contribution is -2.38. The Kier molecular flexibility index (Phi) is 4.50. The lowest BCUT2D eigenvalue weighted by Gasteiger charge is -2.15. The molecule has 0 atom stereocenters. The summed E-state index contributed by atoms with van der Waals surface area (Å²) in [6.45, 7) is -0.364. The van der Waals surface area contributed by atoms with E-state index in [4.69, 9.17) is 9.47 Å². The van der Waals surface area contributed by atoms with Crippen LogP contribution in [0.3, 0.4) is 0 Å². The molecule has 1 aromatic rings. The molecule has 4 amide bonds. The number of hydrogen-bond donors (Lipinski definition) is 1. The molecule has 1 aromatic carbocycles. The number of methoxy groups -OCH3 is 2. The number of likely N-dealkylation sites (N-methyl/N-ethyl adjacent to an activating group) is 1. The van der Waals surface area contributed by atoms with Crippen molar-refractivity contribution >= 4 is 23.5 Å². The lowest BCUT2D eigenvalue weighted by atomic mass is 10.2. The van der Waals surface area contributed by atoms with Crippen LogP contribution in [0.25, 0.3) is 0 Å². The number of imide groups is 1. The standard InChI is InChI=1S/C14H17N3O5/c1-16-8-13(19)17(14(16)20)7-12(18)15-10-6-9(21-2)4-5-11(10)22-3/h4-6H,7-8H2,1-3H3,(H,15,18). The third kappa shape index (κ3) is 3.11. The monoisotopic (exact) mass is 307 g/mol. The van der Waals surface area contributed by atoms with Crippen molar-refractivity contribution in [3.63, 3.8) is 0 Å². The topological polar surface area (TPSA) is 88.2 Å². The lowest BCUT2D eigenvalue weighted by molar-refractivity contribution is -0.129. The van der Waals surface area contributed by atoms with Gasteiger partial charge in [-0.3, -0.25) is 14.5 Å². The molecule has 0 aliphatic carbocycles. The molecule has 0 radical (unpaired) electrons. The summed E-state index contributed by atoms with van der Waals surface area (Å²) in [6, 6.07) is 4.44. The van der Waals surface area contributed by atoms with E-state index in [9.17, 15) is 14.4 Å². The maximum Gasteiger partial charge on any atom is 0.327 e. The van der Waals surface area contributed by atoms with Crippen LogP contribution in [0.2, 0.25) is 0 Å². The highest BCUT2D eigenvalue weighted by molar-refractivity contribution is 6.06. The highest BCUT2D eigenvalue weighted by Crippen LogP contribution is 2.28. The molecule has 1 fully saturated rings. The Labute approximate surface area is 127 Å². The second-order valence-electron chi connectivity index (χ2n) is 4.73. The molecule has 118 valence electrons. The number of ether oxygens (including phenoxy) is 2. The van der Waals surface area contributed by atoms with Crippen molar-refractivity contribution in [3.8, 4) is 11.5 Å². The molecule has 0 aromatic heterocycles. The number of hydrogen-bond acceptors (Lipinski definition) is 5. The van der Waals surface area contributed by atoms with E-state index >= 15 is 0 Å². The summed E-state index contributed by atoms with van der Waals surface area (Å²) in [4.78, 5) is 37.6. The predicted molar refractivity (Wildman–Crippen MR) is 77.9 cm³/mol. The summed E-state index contributed by atoms with van der Waals surface area (Å²) in [6.07, 6.45) is 0. The Morgan fingerprint density at radius 2 is 2.00 bits per heavy atom. The number of nitrogens with zero attached hydrogens (tertiary/aromatic N) is 2. The second kappa shape index (κ2) is 6.33. The first-order chi connectivity index (χ1) is 10.5. The first-order valence-electron chi connectivity index (χ1n) is 6.53. The quantitative estimate of drug-likeness (QED) is 0.802.